The Morgan fingerprint density at radius 2 is 2.00 bits per heavy atom. The van der Waals surface area contributed by atoms with Crippen molar-refractivity contribution in [1.82, 2.24) is 14.8 Å². The minimum atomic E-state index is -0.577. The fraction of sp³-hybridized carbons (Fsp3) is 0.385. The summed E-state index contributed by atoms with van der Waals surface area (Å²) in [4.78, 5) is 0. The van der Waals surface area contributed by atoms with Gasteiger partial charge in [-0.2, -0.15) is 0 Å². The van der Waals surface area contributed by atoms with Crippen LogP contribution >= 0.6 is 0 Å². The van der Waals surface area contributed by atoms with E-state index in [-0.39, 0.29) is 0 Å². The molecule has 0 atom stereocenters. The summed E-state index contributed by atoms with van der Waals surface area (Å²) in [6.45, 7) is 5.36. The van der Waals surface area contributed by atoms with Crippen LogP contribution in [0.3, 0.4) is 0 Å². The van der Waals surface area contributed by atoms with Gasteiger partial charge in [-0.3, -0.25) is 4.57 Å². The van der Waals surface area contributed by atoms with Gasteiger partial charge in [0.1, 0.15) is 17.5 Å². The van der Waals surface area contributed by atoms with Crippen LogP contribution in [0.5, 0.6) is 0 Å². The van der Waals surface area contributed by atoms with Crippen molar-refractivity contribution in [3.8, 4) is 0 Å². The highest BCUT2D eigenvalue weighted by molar-refractivity contribution is 5.28. The van der Waals surface area contributed by atoms with Gasteiger partial charge in [-0.15, -0.1) is 10.2 Å². The van der Waals surface area contributed by atoms with Gasteiger partial charge in [-0.1, -0.05) is 6.07 Å². The standard InChI is InChI=1S/C13H16F2N4/c1-3-16-13-18-17-12(19(13)4-2)7-9-5-6-10(14)8-11(9)15/h5-6,8H,3-4,7H2,1-2H3,(H,16,18). The maximum atomic E-state index is 13.6. The Hall–Kier alpha value is -1.98. The van der Waals surface area contributed by atoms with E-state index < -0.39 is 11.6 Å². The quantitative estimate of drug-likeness (QED) is 0.904. The van der Waals surface area contributed by atoms with Gasteiger partial charge in [0.05, 0.1) is 0 Å². The number of benzene rings is 1. The lowest BCUT2D eigenvalue weighted by atomic mass is 10.1. The van der Waals surface area contributed by atoms with Crippen LogP contribution in [0.4, 0.5) is 14.7 Å². The van der Waals surface area contributed by atoms with Crippen molar-refractivity contribution in [3.63, 3.8) is 0 Å². The number of nitrogens with one attached hydrogen (secondary N) is 1. The highest BCUT2D eigenvalue weighted by atomic mass is 19.1. The summed E-state index contributed by atoms with van der Waals surface area (Å²) in [5.41, 5.74) is 0.409. The predicted octanol–water partition coefficient (Wildman–Crippen LogP) is 2.60. The topological polar surface area (TPSA) is 42.7 Å². The lowest BCUT2D eigenvalue weighted by molar-refractivity contribution is 0.571. The summed E-state index contributed by atoms with van der Waals surface area (Å²) in [5.74, 6) is 0.189. The Kier molecular flexibility index (Phi) is 4.09. The number of hydrogen-bond donors (Lipinski definition) is 1. The first-order chi connectivity index (χ1) is 9.15. The summed E-state index contributed by atoms with van der Waals surface area (Å²) in [6, 6.07) is 3.57. The molecule has 0 aliphatic heterocycles. The van der Waals surface area contributed by atoms with Crippen LogP contribution in [0, 0.1) is 11.6 Å². The molecule has 0 bridgehead atoms. The van der Waals surface area contributed by atoms with E-state index in [1.807, 2.05) is 18.4 Å². The molecule has 0 spiro atoms. The van der Waals surface area contributed by atoms with Crippen molar-refractivity contribution in [3.05, 3.63) is 41.2 Å². The number of aromatic nitrogens is 3. The maximum Gasteiger partial charge on any atom is 0.224 e. The number of nitrogens with zero attached hydrogens (tertiary/aromatic N) is 3. The molecule has 6 heteroatoms. The molecule has 2 rings (SSSR count). The van der Waals surface area contributed by atoms with E-state index in [0.29, 0.717) is 30.3 Å². The second kappa shape index (κ2) is 5.77. The monoisotopic (exact) mass is 266 g/mol. The van der Waals surface area contributed by atoms with Crippen LogP contribution in [-0.2, 0) is 13.0 Å². The second-order valence-electron chi connectivity index (χ2n) is 4.13. The summed E-state index contributed by atoms with van der Waals surface area (Å²) in [5, 5.41) is 11.2. The third-order valence-electron chi connectivity index (χ3n) is 2.84. The minimum Gasteiger partial charge on any atom is -0.355 e. The van der Waals surface area contributed by atoms with Gasteiger partial charge >= 0.3 is 0 Å². The normalized spacial score (nSPS) is 10.7. The van der Waals surface area contributed by atoms with Crippen molar-refractivity contribution in [2.75, 3.05) is 11.9 Å². The summed E-state index contributed by atoms with van der Waals surface area (Å²) in [7, 11) is 0. The van der Waals surface area contributed by atoms with Crippen molar-refractivity contribution in [2.45, 2.75) is 26.8 Å². The van der Waals surface area contributed by atoms with E-state index in [1.165, 1.54) is 12.1 Å². The fourth-order valence-corrected chi connectivity index (χ4v) is 1.92. The molecule has 0 radical (unpaired) electrons. The highest BCUT2D eigenvalue weighted by Crippen LogP contribution is 2.16. The van der Waals surface area contributed by atoms with Gasteiger partial charge in [0.25, 0.3) is 0 Å². The van der Waals surface area contributed by atoms with Crippen molar-refractivity contribution >= 4 is 5.95 Å². The molecule has 1 heterocycles. The van der Waals surface area contributed by atoms with E-state index in [2.05, 4.69) is 15.5 Å². The van der Waals surface area contributed by atoms with Crippen molar-refractivity contribution in [2.24, 2.45) is 0 Å². The number of anilines is 1. The molecule has 0 saturated heterocycles. The molecule has 0 unspecified atom stereocenters. The molecular weight excluding hydrogens is 250 g/mol. The van der Waals surface area contributed by atoms with Crippen molar-refractivity contribution in [1.29, 1.82) is 0 Å². The Bertz CT molecular complexity index is 566. The van der Waals surface area contributed by atoms with Gasteiger partial charge in [-0.25, -0.2) is 8.78 Å². The Balaban J connectivity index is 2.27. The summed E-state index contributed by atoms with van der Waals surface area (Å²) in [6.07, 6.45) is 0.290. The molecule has 4 nitrogen and oxygen atoms in total. The Morgan fingerprint density at radius 3 is 2.63 bits per heavy atom. The van der Waals surface area contributed by atoms with Crippen LogP contribution in [0.15, 0.2) is 18.2 Å². The zero-order valence-corrected chi connectivity index (χ0v) is 11.0. The molecule has 1 N–H and O–H groups in total. The highest BCUT2D eigenvalue weighted by Gasteiger charge is 2.13. The van der Waals surface area contributed by atoms with E-state index in [9.17, 15) is 8.78 Å². The first-order valence-electron chi connectivity index (χ1n) is 6.25. The zero-order chi connectivity index (χ0) is 13.8. The Morgan fingerprint density at radius 1 is 1.21 bits per heavy atom. The third-order valence-corrected chi connectivity index (χ3v) is 2.84. The first kappa shape index (κ1) is 13.5. The molecule has 0 fully saturated rings. The van der Waals surface area contributed by atoms with E-state index >= 15 is 0 Å². The smallest absolute Gasteiger partial charge is 0.224 e. The molecular formula is C13H16F2N4. The van der Waals surface area contributed by atoms with Gasteiger partial charge < -0.3 is 5.32 Å². The van der Waals surface area contributed by atoms with Gasteiger partial charge in [0.2, 0.25) is 5.95 Å². The SMILES string of the molecule is CCNc1nnc(Cc2ccc(F)cc2F)n1CC. The molecule has 102 valence electrons. The van der Waals surface area contributed by atoms with Crippen LogP contribution in [-0.4, -0.2) is 21.3 Å². The molecule has 0 aliphatic carbocycles. The molecule has 0 amide bonds. The lowest BCUT2D eigenvalue weighted by Gasteiger charge is -2.08. The summed E-state index contributed by atoms with van der Waals surface area (Å²) >= 11 is 0. The average molecular weight is 266 g/mol. The minimum absolute atomic E-state index is 0.290. The average Bonchev–Trinajstić information content (AvgIpc) is 2.75. The molecule has 0 saturated carbocycles. The largest absolute Gasteiger partial charge is 0.355 e. The molecule has 2 aromatic rings. The second-order valence-corrected chi connectivity index (χ2v) is 4.13. The van der Waals surface area contributed by atoms with Gasteiger partial charge in [0, 0.05) is 25.6 Å². The third kappa shape index (κ3) is 2.89. The maximum absolute atomic E-state index is 13.6. The predicted molar refractivity (Wildman–Crippen MR) is 69.0 cm³/mol. The first-order valence-corrected chi connectivity index (χ1v) is 6.25. The molecule has 19 heavy (non-hydrogen) atoms. The van der Waals surface area contributed by atoms with E-state index in [4.69, 9.17) is 0 Å². The van der Waals surface area contributed by atoms with Crippen LogP contribution in [0.1, 0.15) is 25.2 Å². The molecule has 0 aliphatic rings. The van der Waals surface area contributed by atoms with Crippen LogP contribution in [0.2, 0.25) is 0 Å². The van der Waals surface area contributed by atoms with Crippen molar-refractivity contribution < 1.29 is 8.78 Å². The molecule has 1 aromatic carbocycles. The van der Waals surface area contributed by atoms with E-state index in [1.54, 1.807) is 0 Å². The van der Waals surface area contributed by atoms with E-state index in [0.717, 1.165) is 12.6 Å². The fourth-order valence-electron chi connectivity index (χ4n) is 1.92. The lowest BCUT2D eigenvalue weighted by Crippen LogP contribution is -2.09. The summed E-state index contributed by atoms with van der Waals surface area (Å²) < 4.78 is 28.3. The Labute approximate surface area is 110 Å². The zero-order valence-electron chi connectivity index (χ0n) is 11.0. The number of hydrogen-bond acceptors (Lipinski definition) is 3. The van der Waals surface area contributed by atoms with Gasteiger partial charge in [0.15, 0.2) is 0 Å². The van der Waals surface area contributed by atoms with Crippen LogP contribution < -0.4 is 5.32 Å². The number of halogens is 2. The molecule has 1 aromatic heterocycles. The van der Waals surface area contributed by atoms with Gasteiger partial charge in [-0.05, 0) is 25.5 Å². The van der Waals surface area contributed by atoms with Crippen LogP contribution in [0.25, 0.3) is 0 Å². The number of rotatable bonds is 5.